The number of thioether (sulfide) groups is 2. The number of nitrogens with zero attached hydrogens (tertiary/aromatic N) is 2. The molecule has 0 amide bonds. The van der Waals surface area contributed by atoms with Gasteiger partial charge in [0.15, 0.2) is 0 Å². The second-order valence-corrected chi connectivity index (χ2v) is 18.1. The zero-order valence-corrected chi connectivity index (χ0v) is 38.9. The fourth-order valence-corrected chi connectivity index (χ4v) is 8.20. The van der Waals surface area contributed by atoms with E-state index in [0.717, 1.165) is 87.5 Å². The quantitative estimate of drug-likeness (QED) is 0.0236. The van der Waals surface area contributed by atoms with Gasteiger partial charge in [0.25, 0.3) is 0 Å². The highest BCUT2D eigenvalue weighted by atomic mass is 32.2. The first kappa shape index (κ1) is 55.5. The Morgan fingerprint density at radius 2 is 0.754 bits per heavy atom. The van der Waals surface area contributed by atoms with E-state index < -0.39 is 0 Å². The van der Waals surface area contributed by atoms with Gasteiger partial charge >= 0.3 is 11.9 Å². The topological polar surface area (TPSA) is 141 Å². The number of esters is 2. The monoisotopic (exact) mass is 842 g/mol. The number of aliphatic imine (C=N–C) groups is 2. The van der Waals surface area contributed by atoms with E-state index in [-0.39, 0.29) is 11.9 Å². The standard InChI is InChI=1S/C46H91N5O4S2/c1-3-5-7-9-11-13-15-17-19-21-23-25-37-54-45(52)31-41-56-39-27-29-43(47)50-35-33-49-34-36-51-44(48)30-28-40-57-42-32-46(53)55-38-26-24-22-20-18-16-14-12-10-8-6-4-2/h49H,3-42H2,1-2H3,(H2,47,50)(H2,48,51). The smallest absolute Gasteiger partial charge is 0.306 e. The van der Waals surface area contributed by atoms with Crippen LogP contribution in [0.5, 0.6) is 0 Å². The number of carbonyl (C=O) groups is 2. The van der Waals surface area contributed by atoms with Gasteiger partial charge < -0.3 is 26.3 Å². The lowest BCUT2D eigenvalue weighted by Crippen LogP contribution is -2.23. The zero-order valence-electron chi connectivity index (χ0n) is 37.3. The molecule has 0 bridgehead atoms. The third-order valence-corrected chi connectivity index (χ3v) is 12.2. The molecule has 0 aliphatic heterocycles. The number of nitrogens with one attached hydrogen (secondary N) is 1. The van der Waals surface area contributed by atoms with Crippen molar-refractivity contribution in [3.05, 3.63) is 0 Å². The number of hydrogen-bond acceptors (Lipinski definition) is 9. The molecule has 336 valence electrons. The molecule has 0 aliphatic carbocycles. The third kappa shape index (κ3) is 47.1. The van der Waals surface area contributed by atoms with E-state index in [1.54, 1.807) is 23.5 Å². The van der Waals surface area contributed by atoms with Gasteiger partial charge in [0.2, 0.25) is 0 Å². The molecule has 0 radical (unpaired) electrons. The van der Waals surface area contributed by atoms with Crippen molar-refractivity contribution in [3.8, 4) is 0 Å². The number of ether oxygens (including phenoxy) is 2. The van der Waals surface area contributed by atoms with Crippen LogP contribution >= 0.6 is 23.5 Å². The summed E-state index contributed by atoms with van der Waals surface area (Å²) < 4.78 is 10.8. The van der Waals surface area contributed by atoms with E-state index in [4.69, 9.17) is 20.9 Å². The summed E-state index contributed by atoms with van der Waals surface area (Å²) in [6.07, 6.45) is 35.8. The number of unbranched alkanes of at least 4 members (excludes halogenated alkanes) is 22. The maximum atomic E-state index is 12.0. The molecule has 0 aromatic carbocycles. The highest BCUT2D eigenvalue weighted by Crippen LogP contribution is 2.14. The van der Waals surface area contributed by atoms with Gasteiger partial charge in [-0.15, -0.1) is 0 Å². The molecule has 0 rings (SSSR count). The van der Waals surface area contributed by atoms with Crippen molar-refractivity contribution in [1.82, 2.24) is 5.32 Å². The predicted molar refractivity (Wildman–Crippen MR) is 252 cm³/mol. The van der Waals surface area contributed by atoms with Crippen molar-refractivity contribution < 1.29 is 19.1 Å². The minimum absolute atomic E-state index is 0.0754. The first-order chi connectivity index (χ1) is 28.0. The van der Waals surface area contributed by atoms with Gasteiger partial charge in [-0.25, -0.2) is 0 Å². The third-order valence-electron chi connectivity index (χ3n) is 10.1. The Morgan fingerprint density at radius 1 is 0.439 bits per heavy atom. The van der Waals surface area contributed by atoms with E-state index in [1.165, 1.54) is 128 Å². The Balaban J connectivity index is 3.47. The molecule has 57 heavy (non-hydrogen) atoms. The molecule has 0 spiro atoms. The molecule has 0 saturated carbocycles. The van der Waals surface area contributed by atoms with Crippen LogP contribution in [0.2, 0.25) is 0 Å². The van der Waals surface area contributed by atoms with Crippen LogP contribution in [0.15, 0.2) is 9.98 Å². The maximum Gasteiger partial charge on any atom is 0.306 e. The first-order valence-electron chi connectivity index (χ1n) is 23.7. The molecule has 0 aromatic rings. The van der Waals surface area contributed by atoms with Crippen molar-refractivity contribution in [3.63, 3.8) is 0 Å². The summed E-state index contributed by atoms with van der Waals surface area (Å²) in [5, 5.41) is 3.34. The minimum Gasteiger partial charge on any atom is -0.466 e. The largest absolute Gasteiger partial charge is 0.466 e. The average Bonchev–Trinajstić information content (AvgIpc) is 3.20. The summed E-state index contributed by atoms with van der Waals surface area (Å²) in [7, 11) is 0. The van der Waals surface area contributed by atoms with Crippen LogP contribution in [0.25, 0.3) is 0 Å². The summed E-state index contributed by atoms with van der Waals surface area (Å²) >= 11 is 3.55. The van der Waals surface area contributed by atoms with Gasteiger partial charge in [-0.3, -0.25) is 19.6 Å². The van der Waals surface area contributed by atoms with Crippen LogP contribution in [0.1, 0.15) is 206 Å². The van der Waals surface area contributed by atoms with Crippen molar-refractivity contribution in [2.24, 2.45) is 21.5 Å². The fraction of sp³-hybridized carbons (Fsp3) is 0.913. The van der Waals surface area contributed by atoms with Crippen molar-refractivity contribution >= 4 is 47.1 Å². The summed E-state index contributed by atoms with van der Waals surface area (Å²) in [4.78, 5) is 32.9. The van der Waals surface area contributed by atoms with Crippen molar-refractivity contribution in [1.29, 1.82) is 0 Å². The normalized spacial score (nSPS) is 12.0. The summed E-state index contributed by atoms with van der Waals surface area (Å²) in [5.74, 6) is 4.74. The molecule has 0 atom stereocenters. The Hall–Kier alpha value is -1.46. The highest BCUT2D eigenvalue weighted by Gasteiger charge is 2.05. The SMILES string of the molecule is CCCCCCCCCCCCCCOC(=O)CCSCCCC(N)=NCCNCCN=C(N)CCCSCCC(=O)OCCCCCCCCCCCCCC. The molecule has 0 heterocycles. The molecule has 0 aliphatic rings. The van der Waals surface area contributed by atoms with Crippen LogP contribution in [0.4, 0.5) is 0 Å². The summed E-state index contributed by atoms with van der Waals surface area (Å²) in [5.41, 5.74) is 12.2. The maximum absolute atomic E-state index is 12.0. The number of amidine groups is 2. The Morgan fingerprint density at radius 3 is 1.09 bits per heavy atom. The lowest BCUT2D eigenvalue weighted by Gasteiger charge is -2.06. The van der Waals surface area contributed by atoms with Crippen LogP contribution in [0, 0.1) is 0 Å². The van der Waals surface area contributed by atoms with Gasteiger partial charge in [0, 0.05) is 37.4 Å². The van der Waals surface area contributed by atoms with Crippen LogP contribution < -0.4 is 16.8 Å². The molecule has 11 heteroatoms. The Kier molecular flexibility index (Phi) is 46.0. The molecule has 0 fully saturated rings. The number of rotatable bonds is 46. The fourth-order valence-electron chi connectivity index (χ4n) is 6.47. The molecular weight excluding hydrogens is 751 g/mol. The first-order valence-corrected chi connectivity index (χ1v) is 26.1. The number of hydrogen-bond donors (Lipinski definition) is 3. The van der Waals surface area contributed by atoms with E-state index in [9.17, 15) is 9.59 Å². The van der Waals surface area contributed by atoms with Crippen molar-refractivity contribution in [2.75, 3.05) is 62.4 Å². The van der Waals surface area contributed by atoms with Gasteiger partial charge in [0.1, 0.15) is 0 Å². The average molecular weight is 842 g/mol. The Labute approximate surface area is 360 Å². The summed E-state index contributed by atoms with van der Waals surface area (Å²) in [6.45, 7) is 8.46. The molecule has 5 N–H and O–H groups in total. The lowest BCUT2D eigenvalue weighted by atomic mass is 10.1. The zero-order chi connectivity index (χ0) is 41.5. The van der Waals surface area contributed by atoms with E-state index in [0.29, 0.717) is 50.8 Å². The predicted octanol–water partition coefficient (Wildman–Crippen LogP) is 11.6. The molecule has 0 unspecified atom stereocenters. The van der Waals surface area contributed by atoms with Gasteiger partial charge in [-0.05, 0) is 37.2 Å². The second-order valence-electron chi connectivity index (χ2n) is 15.6. The van der Waals surface area contributed by atoms with E-state index >= 15 is 0 Å². The number of carbonyl (C=O) groups excluding carboxylic acids is 2. The number of nitrogens with two attached hydrogens (primary N) is 2. The lowest BCUT2D eigenvalue weighted by molar-refractivity contribution is -0.144. The van der Waals surface area contributed by atoms with Gasteiger partial charge in [-0.1, -0.05) is 155 Å². The van der Waals surface area contributed by atoms with E-state index in [1.807, 2.05) is 0 Å². The van der Waals surface area contributed by atoms with Crippen LogP contribution in [-0.2, 0) is 19.1 Å². The van der Waals surface area contributed by atoms with Gasteiger partial charge in [0.05, 0.1) is 50.8 Å². The van der Waals surface area contributed by atoms with E-state index in [2.05, 4.69) is 29.1 Å². The molecule has 0 saturated heterocycles. The van der Waals surface area contributed by atoms with Crippen molar-refractivity contribution in [2.45, 2.75) is 206 Å². The molecule has 9 nitrogen and oxygen atoms in total. The summed E-state index contributed by atoms with van der Waals surface area (Å²) in [6, 6.07) is 0. The van der Waals surface area contributed by atoms with Crippen LogP contribution in [0.3, 0.4) is 0 Å². The molecule has 0 aromatic heterocycles. The Bertz CT molecular complexity index is 868. The minimum atomic E-state index is -0.0754. The molecular formula is C46H91N5O4S2. The van der Waals surface area contributed by atoms with Crippen LogP contribution in [-0.4, -0.2) is 86.0 Å². The highest BCUT2D eigenvalue weighted by molar-refractivity contribution is 7.99. The second kappa shape index (κ2) is 47.2. The van der Waals surface area contributed by atoms with Gasteiger partial charge in [-0.2, -0.15) is 23.5 Å².